The molecule has 5 nitrogen and oxygen atoms in total. The van der Waals surface area contributed by atoms with Gasteiger partial charge in [0.05, 0.1) is 0 Å². The quantitative estimate of drug-likeness (QED) is 0.555. The number of carbonyl (C=O) groups is 2. The smallest absolute Gasteiger partial charge is 0.330 e. The van der Waals surface area contributed by atoms with Crippen molar-refractivity contribution in [2.45, 2.75) is 19.4 Å². The van der Waals surface area contributed by atoms with Crippen molar-refractivity contribution in [3.05, 3.63) is 35.9 Å². The Kier molecular flexibility index (Phi) is 5.96. The summed E-state index contributed by atoms with van der Waals surface area (Å²) in [5.74, 6) is 4.41. The number of aliphatic carboxylic acids is 1. The number of nitrogens with one attached hydrogen (secondary N) is 2. The first-order chi connectivity index (χ1) is 9.15. The number of hydrogen-bond acceptors (Lipinski definition) is 2. The molecule has 0 heterocycles. The van der Waals surface area contributed by atoms with Crippen LogP contribution in [0.5, 0.6) is 0 Å². The van der Waals surface area contributed by atoms with Crippen LogP contribution in [-0.4, -0.2) is 23.7 Å². The lowest BCUT2D eigenvalue weighted by Gasteiger charge is -2.15. The molecule has 5 heteroatoms. The predicted octanol–water partition coefficient (Wildman–Crippen LogP) is 1.52. The van der Waals surface area contributed by atoms with Crippen LogP contribution >= 0.6 is 0 Å². The van der Waals surface area contributed by atoms with Crippen LogP contribution in [-0.2, 0) is 4.79 Å². The highest BCUT2D eigenvalue weighted by Crippen LogP contribution is 2.12. The van der Waals surface area contributed by atoms with Crippen molar-refractivity contribution in [3.63, 3.8) is 0 Å². The van der Waals surface area contributed by atoms with Gasteiger partial charge in [-0.2, -0.15) is 0 Å². The number of carboxylic acid groups (broad SMARTS) is 1. The van der Waals surface area contributed by atoms with Gasteiger partial charge >= 0.3 is 12.0 Å². The normalized spacial score (nSPS) is 10.8. The molecule has 19 heavy (non-hydrogen) atoms. The van der Waals surface area contributed by atoms with Crippen molar-refractivity contribution >= 4 is 12.0 Å². The third-order valence-corrected chi connectivity index (χ3v) is 2.37. The molecule has 0 aromatic heterocycles. The fraction of sp³-hybridized carbons (Fsp3) is 0.286. The van der Waals surface area contributed by atoms with E-state index in [1.807, 2.05) is 0 Å². The minimum atomic E-state index is -1.10. The molecule has 0 bridgehead atoms. The monoisotopic (exact) mass is 260 g/mol. The minimum absolute atomic E-state index is 0.383. The lowest BCUT2D eigenvalue weighted by Crippen LogP contribution is -2.41. The molecule has 1 unspecified atom stereocenters. The van der Waals surface area contributed by atoms with E-state index in [0.717, 1.165) is 0 Å². The number of benzene rings is 1. The van der Waals surface area contributed by atoms with E-state index < -0.39 is 18.0 Å². The third-order valence-electron chi connectivity index (χ3n) is 2.37. The molecule has 0 spiro atoms. The summed E-state index contributed by atoms with van der Waals surface area (Å²) in [6, 6.07) is 6.96. The lowest BCUT2D eigenvalue weighted by atomic mass is 10.1. The van der Waals surface area contributed by atoms with E-state index >= 15 is 0 Å². The summed E-state index contributed by atoms with van der Waals surface area (Å²) in [6.07, 6.45) is 0.535. The zero-order chi connectivity index (χ0) is 14.1. The predicted molar refractivity (Wildman–Crippen MR) is 71.4 cm³/mol. The highest BCUT2D eigenvalue weighted by molar-refractivity contribution is 5.83. The molecule has 1 aromatic rings. The summed E-state index contributed by atoms with van der Waals surface area (Å²) in [7, 11) is 0. The van der Waals surface area contributed by atoms with Gasteiger partial charge in [-0.3, -0.25) is 0 Å². The zero-order valence-corrected chi connectivity index (χ0v) is 10.6. The average Bonchev–Trinajstić information content (AvgIpc) is 2.41. The number of hydrogen-bond donors (Lipinski definition) is 3. The van der Waals surface area contributed by atoms with Crippen LogP contribution in [0.2, 0.25) is 0 Å². The van der Waals surface area contributed by atoms with Crippen molar-refractivity contribution in [1.29, 1.82) is 0 Å². The Balaban J connectivity index is 2.57. The minimum Gasteiger partial charge on any atom is -0.479 e. The van der Waals surface area contributed by atoms with Crippen LogP contribution in [0.25, 0.3) is 0 Å². The first-order valence-electron chi connectivity index (χ1n) is 5.87. The largest absolute Gasteiger partial charge is 0.479 e. The van der Waals surface area contributed by atoms with E-state index in [0.29, 0.717) is 18.5 Å². The number of amides is 2. The van der Waals surface area contributed by atoms with Gasteiger partial charge in [-0.05, 0) is 12.5 Å². The van der Waals surface area contributed by atoms with Gasteiger partial charge in [-0.1, -0.05) is 30.3 Å². The first-order valence-corrected chi connectivity index (χ1v) is 5.87. The zero-order valence-electron chi connectivity index (χ0n) is 10.6. The van der Waals surface area contributed by atoms with Gasteiger partial charge in [0.15, 0.2) is 6.04 Å². The van der Waals surface area contributed by atoms with Crippen molar-refractivity contribution in [3.8, 4) is 11.8 Å². The Labute approximate surface area is 112 Å². The number of carbonyl (C=O) groups excluding carboxylic acids is 1. The van der Waals surface area contributed by atoms with Crippen molar-refractivity contribution in [1.82, 2.24) is 10.6 Å². The van der Waals surface area contributed by atoms with Gasteiger partial charge in [0, 0.05) is 13.0 Å². The summed E-state index contributed by atoms with van der Waals surface area (Å²) < 4.78 is 0. The van der Waals surface area contributed by atoms with E-state index in [4.69, 9.17) is 5.11 Å². The average molecular weight is 260 g/mol. The molecule has 0 aliphatic heterocycles. The summed E-state index contributed by atoms with van der Waals surface area (Å²) in [6.45, 7) is 2.10. The number of urea groups is 1. The van der Waals surface area contributed by atoms with Crippen molar-refractivity contribution < 1.29 is 14.7 Å². The molecule has 0 fully saturated rings. The van der Waals surface area contributed by atoms with E-state index in [1.165, 1.54) is 0 Å². The number of rotatable bonds is 5. The van der Waals surface area contributed by atoms with Crippen molar-refractivity contribution in [2.75, 3.05) is 6.54 Å². The van der Waals surface area contributed by atoms with E-state index in [-0.39, 0.29) is 0 Å². The molecule has 0 saturated carbocycles. The van der Waals surface area contributed by atoms with Crippen molar-refractivity contribution in [2.24, 2.45) is 0 Å². The fourth-order valence-corrected chi connectivity index (χ4v) is 1.48. The fourth-order valence-electron chi connectivity index (χ4n) is 1.48. The maximum atomic E-state index is 11.6. The molecule has 2 amide bonds. The Morgan fingerprint density at radius 2 is 2.00 bits per heavy atom. The Morgan fingerprint density at radius 3 is 2.58 bits per heavy atom. The van der Waals surface area contributed by atoms with E-state index in [9.17, 15) is 9.59 Å². The summed E-state index contributed by atoms with van der Waals surface area (Å²) in [4.78, 5) is 22.7. The maximum absolute atomic E-state index is 11.6. The SMILES string of the molecule is CC#CCCNC(=O)NC(C(=O)O)c1ccccc1. The standard InChI is InChI=1S/C14H16N2O3/c1-2-3-7-10-15-14(19)16-12(13(17)18)11-8-5-4-6-9-11/h4-6,8-9,12H,7,10H2,1H3,(H,17,18)(H2,15,16,19). The molecule has 0 aliphatic carbocycles. The summed E-state index contributed by atoms with van der Waals surface area (Å²) in [5, 5.41) is 14.1. The molecule has 0 radical (unpaired) electrons. The molecule has 3 N–H and O–H groups in total. The molecular weight excluding hydrogens is 244 g/mol. The van der Waals surface area contributed by atoms with Crippen LogP contribution in [0, 0.1) is 11.8 Å². The maximum Gasteiger partial charge on any atom is 0.330 e. The van der Waals surface area contributed by atoms with Gasteiger partial charge in [-0.25, -0.2) is 9.59 Å². The van der Waals surface area contributed by atoms with Crippen LogP contribution in [0.1, 0.15) is 24.9 Å². The van der Waals surface area contributed by atoms with Crippen LogP contribution in [0.4, 0.5) is 4.79 Å². The molecule has 1 aromatic carbocycles. The van der Waals surface area contributed by atoms with Crippen LogP contribution < -0.4 is 10.6 Å². The van der Waals surface area contributed by atoms with Crippen LogP contribution in [0.15, 0.2) is 30.3 Å². The van der Waals surface area contributed by atoms with E-state index in [2.05, 4.69) is 22.5 Å². The van der Waals surface area contributed by atoms with Gasteiger partial charge in [-0.15, -0.1) is 11.8 Å². The van der Waals surface area contributed by atoms with Crippen LogP contribution in [0.3, 0.4) is 0 Å². The molecule has 100 valence electrons. The highest BCUT2D eigenvalue weighted by atomic mass is 16.4. The third kappa shape index (κ3) is 5.13. The topological polar surface area (TPSA) is 78.4 Å². The van der Waals surface area contributed by atoms with E-state index in [1.54, 1.807) is 37.3 Å². The van der Waals surface area contributed by atoms with Gasteiger partial charge < -0.3 is 15.7 Å². The summed E-state index contributed by atoms with van der Waals surface area (Å²) >= 11 is 0. The van der Waals surface area contributed by atoms with Gasteiger partial charge in [0.2, 0.25) is 0 Å². The Morgan fingerprint density at radius 1 is 1.32 bits per heavy atom. The second kappa shape index (κ2) is 7.77. The molecular formula is C14H16N2O3. The molecule has 0 aliphatic rings. The molecule has 1 atom stereocenters. The van der Waals surface area contributed by atoms with Gasteiger partial charge in [0.25, 0.3) is 0 Å². The molecule has 0 saturated heterocycles. The second-order valence-corrected chi connectivity index (χ2v) is 3.76. The first kappa shape index (κ1) is 14.6. The summed E-state index contributed by atoms with van der Waals surface area (Å²) in [5.41, 5.74) is 0.526. The number of carboxylic acids is 1. The lowest BCUT2D eigenvalue weighted by molar-refractivity contribution is -0.139. The Hall–Kier alpha value is -2.48. The second-order valence-electron chi connectivity index (χ2n) is 3.76. The van der Waals surface area contributed by atoms with Gasteiger partial charge in [0.1, 0.15) is 0 Å². The highest BCUT2D eigenvalue weighted by Gasteiger charge is 2.21. The Bertz CT molecular complexity index is 488. The molecule has 1 rings (SSSR count).